The Morgan fingerprint density at radius 2 is 0.917 bits per heavy atom. The largest absolute Gasteiger partial charge is 0.491 e. The summed E-state index contributed by atoms with van der Waals surface area (Å²) in [4.78, 5) is 135. The van der Waals surface area contributed by atoms with Crippen LogP contribution >= 0.6 is 22.9 Å². The van der Waals surface area contributed by atoms with Crippen molar-refractivity contribution in [3.05, 3.63) is 165 Å². The van der Waals surface area contributed by atoms with Gasteiger partial charge in [0.15, 0.2) is 23.3 Å². The minimum absolute atomic E-state index is 0.00664. The zero-order chi connectivity index (χ0) is 85.5. The van der Waals surface area contributed by atoms with E-state index < -0.39 is 47.4 Å². The third-order valence-electron chi connectivity index (χ3n) is 18.2. The number of aryl methyl sites for hydroxylation is 7. The van der Waals surface area contributed by atoms with Crippen LogP contribution in [0.5, 0.6) is 5.75 Å². The standard InChI is InChI=1S/C79H100ClN21O18S/c1-50-51(2)120-79-68(50)69(53-9-11-54(80)12-10-53)89-59(70-95-94-52(3)101(70)79)45-67(105)86-55-13-15-58(16-14-55)119-42-41-118-40-39-117-38-37-116-36-35-115-34-33-114-32-31-113-30-29-112-28-27-111-26-24-81-64(102)17-20-85-76(108)72-92-62(48-99(72)7)90-65(103)18-21-84-75(107)61-44-57(47-98(61)6)88-78(110)73-93-63(49-100(73)8)91-66(104)19-22-83-74(106)60-43-56(46-97(60)5)87-77(109)71-82-23-25-96(71)4/h9-16,23,25,43-44,46-49,59H,17-22,24,26-42,45H2,1-8H3,(H,81,102)(H,83,106)(H,84,107)(H,85,108)(H,86,105)(H,87,109)(H,88,110)(H,90,103)(H,91,104)/t59-/m1/s1. The number of anilines is 5. The molecule has 1 aliphatic rings. The van der Waals surface area contributed by atoms with Crippen molar-refractivity contribution in [1.82, 2.24) is 73.8 Å². The Morgan fingerprint density at radius 3 is 1.42 bits per heavy atom. The van der Waals surface area contributed by atoms with E-state index in [2.05, 4.69) is 86.8 Å². The first-order chi connectivity index (χ1) is 58.0. The van der Waals surface area contributed by atoms with Crippen molar-refractivity contribution in [2.24, 2.45) is 40.2 Å². The predicted octanol–water partition coefficient (Wildman–Crippen LogP) is 5.18. The van der Waals surface area contributed by atoms with Gasteiger partial charge in [0.1, 0.15) is 40.6 Å². The number of imidazole rings is 3. The highest BCUT2D eigenvalue weighted by Gasteiger charge is 2.33. The van der Waals surface area contributed by atoms with E-state index in [1.807, 2.05) is 35.8 Å². The van der Waals surface area contributed by atoms with Gasteiger partial charge in [-0.25, -0.2) is 15.0 Å². The van der Waals surface area contributed by atoms with Crippen LogP contribution in [0.4, 0.5) is 28.7 Å². The van der Waals surface area contributed by atoms with E-state index in [0.717, 1.165) is 38.1 Å². The van der Waals surface area contributed by atoms with Gasteiger partial charge in [-0.3, -0.25) is 52.7 Å². The maximum absolute atomic E-state index is 13.6. The lowest BCUT2D eigenvalue weighted by Gasteiger charge is -2.13. The average molecular weight is 1700 g/mol. The van der Waals surface area contributed by atoms with Crippen LogP contribution in [0.15, 0.2) is 103 Å². The normalized spacial score (nSPS) is 12.2. The van der Waals surface area contributed by atoms with Gasteiger partial charge in [-0.15, -0.1) is 21.5 Å². The highest BCUT2D eigenvalue weighted by molar-refractivity contribution is 7.15. The van der Waals surface area contributed by atoms with Gasteiger partial charge in [-0.1, -0.05) is 23.7 Å². The minimum Gasteiger partial charge on any atom is -0.491 e. The molecule has 41 heteroatoms. The highest BCUT2D eigenvalue weighted by Crippen LogP contribution is 2.40. The molecule has 0 saturated heterocycles. The molecule has 39 nitrogen and oxygen atoms in total. The van der Waals surface area contributed by atoms with Gasteiger partial charge < -0.3 is 113 Å². The van der Waals surface area contributed by atoms with Crippen molar-refractivity contribution in [1.29, 1.82) is 0 Å². The summed E-state index contributed by atoms with van der Waals surface area (Å²) >= 11 is 7.92. The molecule has 10 rings (SSSR count). The molecule has 0 unspecified atom stereocenters. The molecule has 0 aliphatic carbocycles. The fourth-order valence-electron chi connectivity index (χ4n) is 12.1. The quantitative estimate of drug-likeness (QED) is 0.0222. The molecule has 0 bridgehead atoms. The number of ether oxygens (including phenoxy) is 9. The topological polar surface area (TPSA) is 451 Å². The number of aliphatic imine (C=N–C) groups is 1. The molecule has 0 spiro atoms. The number of nitrogens with one attached hydrogen (secondary N) is 9. The number of halogens is 1. The van der Waals surface area contributed by atoms with Gasteiger partial charge >= 0.3 is 0 Å². The molecule has 0 fully saturated rings. The van der Waals surface area contributed by atoms with Crippen molar-refractivity contribution in [3.63, 3.8) is 0 Å². The summed E-state index contributed by atoms with van der Waals surface area (Å²) < 4.78 is 59.8. The fourth-order valence-corrected chi connectivity index (χ4v) is 13.4. The van der Waals surface area contributed by atoms with Gasteiger partial charge in [0.05, 0.1) is 129 Å². The molecule has 2 aromatic carbocycles. The first-order valence-electron chi connectivity index (χ1n) is 38.7. The lowest BCUT2D eigenvalue weighted by molar-refractivity contribution is -0.121. The molecule has 120 heavy (non-hydrogen) atoms. The minimum atomic E-state index is -0.641. The second-order valence-electron chi connectivity index (χ2n) is 27.2. The zero-order valence-electron chi connectivity index (χ0n) is 68.0. The number of carbonyl (C=O) groups is 9. The lowest BCUT2D eigenvalue weighted by atomic mass is 9.99. The monoisotopic (exact) mass is 1700 g/mol. The molecular formula is C79H100ClN21O18S. The van der Waals surface area contributed by atoms with Gasteiger partial charge in [-0.2, -0.15) is 0 Å². The maximum atomic E-state index is 13.6. The Kier molecular flexibility index (Phi) is 34.6. The third kappa shape index (κ3) is 27.1. The Hall–Kier alpha value is -11.9. The number of benzene rings is 2. The first kappa shape index (κ1) is 90.5. The molecule has 9 aromatic rings. The number of thiophene rings is 1. The number of fused-ring (bicyclic) bond motifs is 3. The molecule has 7 aromatic heterocycles. The van der Waals surface area contributed by atoms with Gasteiger partial charge in [0.25, 0.3) is 29.5 Å². The van der Waals surface area contributed by atoms with Crippen LogP contribution in [0, 0.1) is 20.8 Å². The molecule has 1 atom stereocenters. The number of carbonyl (C=O) groups excluding carboxylic acids is 9. The first-order valence-corrected chi connectivity index (χ1v) is 39.9. The number of hydrogen-bond donors (Lipinski definition) is 9. The van der Waals surface area contributed by atoms with Crippen molar-refractivity contribution in [3.8, 4) is 10.8 Å². The summed E-state index contributed by atoms with van der Waals surface area (Å²) in [5.74, 6) is -1.91. The van der Waals surface area contributed by atoms with Crippen LogP contribution in [0.3, 0.4) is 0 Å². The van der Waals surface area contributed by atoms with Crippen LogP contribution < -0.4 is 52.6 Å². The van der Waals surface area contributed by atoms with Gasteiger partial charge in [0.2, 0.25) is 35.3 Å². The third-order valence-corrected chi connectivity index (χ3v) is 19.6. The van der Waals surface area contributed by atoms with Crippen molar-refractivity contribution >= 4 is 111 Å². The fraction of sp³-hybridized carbons (Fsp3) is 0.430. The molecule has 642 valence electrons. The second kappa shape index (κ2) is 45.9. The zero-order valence-corrected chi connectivity index (χ0v) is 69.6. The SMILES string of the molecule is Cc1sc2c(c1C)C(c1ccc(Cl)cc1)=N[C@H](CC(=O)Nc1ccc(OCCOCCOCCOCCOCCOCCOCCOCCOCCNC(=O)CCNC(=O)c3nc(NC(=O)CCNC(=O)c4cc(NC(=O)c5nc(NC(=O)CCNC(=O)c6cc(NC(=O)c7nccn7C)cn6C)cn5C)cn4C)cn3C)cc1)c1nnc(C)n1-2. The molecule has 8 heterocycles. The van der Waals surface area contributed by atoms with E-state index in [9.17, 15) is 43.2 Å². The molecule has 9 N–H and O–H groups in total. The van der Waals surface area contributed by atoms with E-state index in [1.165, 1.54) is 55.2 Å². The van der Waals surface area contributed by atoms with E-state index in [0.29, 0.717) is 134 Å². The molecule has 9 amide bonds. The lowest BCUT2D eigenvalue weighted by Crippen LogP contribution is -2.33. The number of nitrogens with zero attached hydrogens (tertiary/aromatic N) is 12. The summed E-state index contributed by atoms with van der Waals surface area (Å²) in [6.07, 6.45) is 8.86. The van der Waals surface area contributed by atoms with Crippen LogP contribution in [0.1, 0.15) is 118 Å². The summed E-state index contributed by atoms with van der Waals surface area (Å²) in [6.45, 7) is 12.7. The highest BCUT2D eigenvalue weighted by atomic mass is 35.5. The van der Waals surface area contributed by atoms with Gasteiger partial charge in [-0.05, 0) is 74.9 Å². The smallest absolute Gasteiger partial charge is 0.291 e. The number of aromatic nitrogens is 11. The Morgan fingerprint density at radius 1 is 0.450 bits per heavy atom. The average Bonchev–Trinajstić information content (AvgIpc) is 1.59. The maximum Gasteiger partial charge on any atom is 0.291 e. The Balaban J connectivity index is 0.466. The van der Waals surface area contributed by atoms with Crippen LogP contribution in [0.2, 0.25) is 5.02 Å². The molecule has 1 aliphatic heterocycles. The van der Waals surface area contributed by atoms with Crippen LogP contribution in [0.25, 0.3) is 5.00 Å². The Labute approximate surface area is 700 Å². The van der Waals surface area contributed by atoms with E-state index in [-0.39, 0.29) is 116 Å². The van der Waals surface area contributed by atoms with Gasteiger partial charge in [0, 0.05) is 145 Å². The van der Waals surface area contributed by atoms with E-state index >= 15 is 0 Å². The van der Waals surface area contributed by atoms with E-state index in [1.54, 1.807) is 87.8 Å². The number of amides is 9. The number of hydrogen-bond acceptors (Lipinski definition) is 25. The predicted molar refractivity (Wildman–Crippen MR) is 442 cm³/mol. The van der Waals surface area contributed by atoms with Crippen LogP contribution in [-0.4, -0.2) is 250 Å². The summed E-state index contributed by atoms with van der Waals surface area (Å²) in [7, 11) is 8.04. The summed E-state index contributed by atoms with van der Waals surface area (Å²) in [6, 6.07) is 17.1. The van der Waals surface area contributed by atoms with E-state index in [4.69, 9.17) is 59.2 Å². The summed E-state index contributed by atoms with van der Waals surface area (Å²) in [5.41, 5.74) is 5.46. The second-order valence-corrected chi connectivity index (χ2v) is 28.9. The molecule has 0 radical (unpaired) electrons. The molecular weight excluding hydrogens is 1600 g/mol. The van der Waals surface area contributed by atoms with Crippen molar-refractivity contribution in [2.45, 2.75) is 52.5 Å². The van der Waals surface area contributed by atoms with Crippen molar-refractivity contribution in [2.75, 3.05) is 165 Å². The van der Waals surface area contributed by atoms with Crippen molar-refractivity contribution < 1.29 is 85.8 Å². The Bertz CT molecular complexity index is 5010. The summed E-state index contributed by atoms with van der Waals surface area (Å²) in [5, 5.41) is 34.8. The molecule has 0 saturated carbocycles. The number of rotatable bonds is 50. The van der Waals surface area contributed by atoms with Crippen LogP contribution in [-0.2, 0) is 92.3 Å².